The van der Waals surface area contributed by atoms with Gasteiger partial charge in [0.05, 0.1) is 5.25 Å². The third-order valence-electron chi connectivity index (χ3n) is 3.83. The molecular formula is C16H34N2OS. The summed E-state index contributed by atoms with van der Waals surface area (Å²) in [5.41, 5.74) is 0. The Hall–Kier alpha value is -0.220. The van der Waals surface area contributed by atoms with Crippen molar-refractivity contribution < 1.29 is 4.79 Å². The van der Waals surface area contributed by atoms with E-state index in [4.69, 9.17) is 0 Å². The summed E-state index contributed by atoms with van der Waals surface area (Å²) in [6.07, 6.45) is 7.36. The number of thiol groups is 1. The molecule has 0 radical (unpaired) electrons. The molecule has 1 amide bonds. The van der Waals surface area contributed by atoms with E-state index in [0.29, 0.717) is 0 Å². The topological polar surface area (TPSA) is 32.3 Å². The molecule has 4 heteroatoms. The van der Waals surface area contributed by atoms with Crippen molar-refractivity contribution in [1.29, 1.82) is 0 Å². The number of rotatable bonds is 12. The number of carbonyl (C=O) groups is 1. The average molecular weight is 303 g/mol. The highest BCUT2D eigenvalue weighted by Crippen LogP contribution is 2.08. The van der Waals surface area contributed by atoms with Gasteiger partial charge in [0, 0.05) is 13.6 Å². The van der Waals surface area contributed by atoms with Gasteiger partial charge in [-0.3, -0.25) is 4.79 Å². The minimum Gasteiger partial charge on any atom is -0.345 e. The Morgan fingerprint density at radius 3 is 2.40 bits per heavy atom. The molecule has 120 valence electrons. The lowest BCUT2D eigenvalue weighted by atomic mass is 10.0. The van der Waals surface area contributed by atoms with E-state index in [-0.39, 0.29) is 11.2 Å². The highest BCUT2D eigenvalue weighted by molar-refractivity contribution is 7.81. The summed E-state index contributed by atoms with van der Waals surface area (Å²) in [6.45, 7) is 9.49. The van der Waals surface area contributed by atoms with Crippen molar-refractivity contribution in [3.05, 3.63) is 0 Å². The zero-order chi connectivity index (χ0) is 15.4. The molecule has 0 heterocycles. The van der Waals surface area contributed by atoms with Crippen LogP contribution in [0.15, 0.2) is 0 Å². The highest BCUT2D eigenvalue weighted by Gasteiger charge is 2.12. The number of amides is 1. The average Bonchev–Trinajstić information content (AvgIpc) is 2.43. The van der Waals surface area contributed by atoms with Crippen molar-refractivity contribution in [2.45, 2.75) is 64.5 Å². The molecule has 0 fully saturated rings. The monoisotopic (exact) mass is 302 g/mol. The van der Waals surface area contributed by atoms with Gasteiger partial charge >= 0.3 is 0 Å². The molecule has 0 aliphatic carbocycles. The number of carbonyl (C=O) groups excluding carboxylic acids is 1. The van der Waals surface area contributed by atoms with Gasteiger partial charge in [-0.05, 0) is 51.6 Å². The fourth-order valence-electron chi connectivity index (χ4n) is 2.11. The molecule has 0 saturated heterocycles. The Morgan fingerprint density at radius 2 is 1.80 bits per heavy atom. The lowest BCUT2D eigenvalue weighted by Gasteiger charge is -2.18. The van der Waals surface area contributed by atoms with Gasteiger partial charge in [0.15, 0.2) is 0 Å². The van der Waals surface area contributed by atoms with E-state index >= 15 is 0 Å². The van der Waals surface area contributed by atoms with Crippen LogP contribution in [0.4, 0.5) is 0 Å². The van der Waals surface area contributed by atoms with E-state index in [9.17, 15) is 4.79 Å². The second-order valence-corrected chi connectivity index (χ2v) is 6.68. The first-order chi connectivity index (χ1) is 9.49. The predicted molar refractivity (Wildman–Crippen MR) is 91.5 cm³/mol. The lowest BCUT2D eigenvalue weighted by Crippen LogP contribution is -2.33. The van der Waals surface area contributed by atoms with Crippen LogP contribution in [0.2, 0.25) is 0 Å². The second kappa shape index (κ2) is 12.5. The van der Waals surface area contributed by atoms with Crippen LogP contribution in [-0.2, 0) is 4.79 Å². The Kier molecular flexibility index (Phi) is 12.4. The maximum Gasteiger partial charge on any atom is 0.234 e. The van der Waals surface area contributed by atoms with Gasteiger partial charge in [-0.2, -0.15) is 12.6 Å². The number of hydrogen-bond donors (Lipinski definition) is 2. The molecule has 0 aliphatic heterocycles. The number of nitrogens with one attached hydrogen (secondary N) is 1. The van der Waals surface area contributed by atoms with Gasteiger partial charge in [-0.15, -0.1) is 0 Å². The van der Waals surface area contributed by atoms with Crippen molar-refractivity contribution in [2.24, 2.45) is 5.92 Å². The molecule has 0 aliphatic rings. The van der Waals surface area contributed by atoms with Crippen molar-refractivity contribution >= 4 is 18.5 Å². The summed E-state index contributed by atoms with van der Waals surface area (Å²) in [4.78, 5) is 13.4. The molecule has 1 N–H and O–H groups in total. The summed E-state index contributed by atoms with van der Waals surface area (Å²) in [6, 6.07) is 0. The van der Waals surface area contributed by atoms with Crippen molar-refractivity contribution in [2.75, 3.05) is 26.7 Å². The Labute approximate surface area is 131 Å². The smallest absolute Gasteiger partial charge is 0.234 e. The van der Waals surface area contributed by atoms with E-state index in [1.54, 1.807) is 4.90 Å². The van der Waals surface area contributed by atoms with Crippen LogP contribution >= 0.6 is 12.6 Å². The molecular weight excluding hydrogens is 268 g/mol. The van der Waals surface area contributed by atoms with Crippen LogP contribution in [0.1, 0.15) is 59.3 Å². The first-order valence-electron chi connectivity index (χ1n) is 8.12. The van der Waals surface area contributed by atoms with Gasteiger partial charge in [-0.1, -0.05) is 26.7 Å². The van der Waals surface area contributed by atoms with Crippen molar-refractivity contribution in [3.8, 4) is 0 Å². The summed E-state index contributed by atoms with van der Waals surface area (Å²) < 4.78 is 0. The number of nitrogens with zero attached hydrogens (tertiary/aromatic N) is 1. The molecule has 0 aromatic rings. The normalized spacial score (nSPS) is 14.1. The maximum atomic E-state index is 11.6. The molecule has 20 heavy (non-hydrogen) atoms. The quantitative estimate of drug-likeness (QED) is 0.428. The van der Waals surface area contributed by atoms with Gasteiger partial charge in [0.25, 0.3) is 0 Å². The number of hydrogen-bond acceptors (Lipinski definition) is 3. The van der Waals surface area contributed by atoms with E-state index in [0.717, 1.165) is 32.0 Å². The number of unbranched alkanes of at least 4 members (excludes halogenated alkanes) is 2. The first-order valence-corrected chi connectivity index (χ1v) is 8.64. The molecule has 0 aromatic heterocycles. The van der Waals surface area contributed by atoms with Crippen LogP contribution in [-0.4, -0.2) is 42.7 Å². The van der Waals surface area contributed by atoms with E-state index in [1.165, 1.54) is 32.1 Å². The highest BCUT2D eigenvalue weighted by atomic mass is 32.1. The van der Waals surface area contributed by atoms with Gasteiger partial charge in [0.1, 0.15) is 0 Å². The molecule has 2 unspecified atom stereocenters. The Balaban J connectivity index is 3.31. The molecule has 0 bridgehead atoms. The van der Waals surface area contributed by atoms with Crippen LogP contribution in [0.25, 0.3) is 0 Å². The van der Waals surface area contributed by atoms with E-state index < -0.39 is 0 Å². The van der Waals surface area contributed by atoms with Gasteiger partial charge in [-0.25, -0.2) is 0 Å². The fraction of sp³-hybridized carbons (Fsp3) is 0.938. The minimum atomic E-state index is -0.188. The summed E-state index contributed by atoms with van der Waals surface area (Å²) in [5.74, 6) is 0.982. The SMILES string of the molecule is CCC(C)CCCNCCCCCN(C)C(=O)C(C)S. The fourth-order valence-corrected chi connectivity index (χ4v) is 2.31. The molecule has 0 rings (SSSR count). The second-order valence-electron chi connectivity index (χ2n) is 5.90. The van der Waals surface area contributed by atoms with Crippen LogP contribution in [0, 0.1) is 5.92 Å². The summed E-state index contributed by atoms with van der Waals surface area (Å²) >= 11 is 4.16. The van der Waals surface area contributed by atoms with Crippen molar-refractivity contribution in [1.82, 2.24) is 10.2 Å². The van der Waals surface area contributed by atoms with Crippen LogP contribution in [0.5, 0.6) is 0 Å². The predicted octanol–water partition coefficient (Wildman–Crippen LogP) is 3.35. The minimum absolute atomic E-state index is 0.122. The maximum absolute atomic E-state index is 11.6. The standard InChI is InChI=1S/C16H34N2OS/c1-5-14(2)10-9-12-17-11-7-6-8-13-18(4)16(19)15(3)20/h14-15,17,20H,5-13H2,1-4H3. The first kappa shape index (κ1) is 19.8. The molecule has 0 saturated carbocycles. The zero-order valence-corrected chi connectivity index (χ0v) is 14.7. The largest absolute Gasteiger partial charge is 0.345 e. The van der Waals surface area contributed by atoms with Crippen molar-refractivity contribution in [3.63, 3.8) is 0 Å². The third kappa shape index (κ3) is 10.6. The molecule has 0 aromatic carbocycles. The van der Waals surface area contributed by atoms with E-state index in [2.05, 4.69) is 31.8 Å². The molecule has 0 spiro atoms. The zero-order valence-electron chi connectivity index (χ0n) is 13.8. The van der Waals surface area contributed by atoms with Gasteiger partial charge < -0.3 is 10.2 Å². The lowest BCUT2D eigenvalue weighted by molar-refractivity contribution is -0.129. The Morgan fingerprint density at radius 1 is 1.15 bits per heavy atom. The van der Waals surface area contributed by atoms with E-state index in [1.807, 2.05) is 14.0 Å². The molecule has 3 nitrogen and oxygen atoms in total. The van der Waals surface area contributed by atoms with Crippen LogP contribution < -0.4 is 5.32 Å². The summed E-state index contributed by atoms with van der Waals surface area (Å²) in [7, 11) is 1.86. The summed E-state index contributed by atoms with van der Waals surface area (Å²) in [5, 5.41) is 3.31. The molecule has 2 atom stereocenters. The van der Waals surface area contributed by atoms with Crippen LogP contribution in [0.3, 0.4) is 0 Å². The van der Waals surface area contributed by atoms with Gasteiger partial charge in [0.2, 0.25) is 5.91 Å². The third-order valence-corrected chi connectivity index (χ3v) is 4.05. The Bertz CT molecular complexity index is 247.